The van der Waals surface area contributed by atoms with Crippen LogP contribution in [-0.4, -0.2) is 64.1 Å². The Morgan fingerprint density at radius 3 is 2.81 bits per heavy atom. The first-order valence-corrected chi connectivity index (χ1v) is 7.36. The largest absolute Gasteiger partial charge is 0.336 e. The topological polar surface area (TPSA) is 66.9 Å². The summed E-state index contributed by atoms with van der Waals surface area (Å²) in [5, 5.41) is 4.23. The molecule has 2 aromatic rings. The van der Waals surface area contributed by atoms with Crippen molar-refractivity contribution in [2.45, 2.75) is 13.0 Å². The van der Waals surface area contributed by atoms with E-state index in [-0.39, 0.29) is 5.91 Å². The summed E-state index contributed by atoms with van der Waals surface area (Å²) in [6.07, 6.45) is 3.51. The number of carbonyl (C=O) groups excluding carboxylic acids is 1. The zero-order valence-corrected chi connectivity index (χ0v) is 12.3. The highest BCUT2D eigenvalue weighted by atomic mass is 16.2. The Bertz CT molecular complexity index is 630. The maximum atomic E-state index is 12.7. The number of hydrogen-bond acceptors (Lipinski definition) is 4. The highest BCUT2D eigenvalue weighted by Crippen LogP contribution is 2.15. The van der Waals surface area contributed by atoms with Crippen LogP contribution in [0.3, 0.4) is 0 Å². The van der Waals surface area contributed by atoms with Gasteiger partial charge in [0.05, 0.1) is 17.3 Å². The normalized spacial score (nSPS) is 18.1. The molecule has 2 N–H and O–H groups in total. The Morgan fingerprint density at radius 2 is 2.10 bits per heavy atom. The maximum absolute atomic E-state index is 12.7. The molecular weight excluding hydrogens is 266 g/mol. The molecule has 0 radical (unpaired) electrons. The monoisotopic (exact) mass is 287 g/mol. The van der Waals surface area contributed by atoms with Crippen LogP contribution in [0.2, 0.25) is 0 Å². The third kappa shape index (κ3) is 2.64. The van der Waals surface area contributed by atoms with E-state index in [1.165, 1.54) is 0 Å². The fourth-order valence-electron chi connectivity index (χ4n) is 2.78. The van der Waals surface area contributed by atoms with Crippen molar-refractivity contribution in [3.05, 3.63) is 36.2 Å². The van der Waals surface area contributed by atoms with Gasteiger partial charge < -0.3 is 10.6 Å². The Labute approximate surface area is 124 Å². The van der Waals surface area contributed by atoms with Crippen LogP contribution in [0.25, 0.3) is 5.52 Å². The van der Waals surface area contributed by atoms with Gasteiger partial charge in [-0.2, -0.15) is 5.10 Å². The summed E-state index contributed by atoms with van der Waals surface area (Å²) in [4.78, 5) is 16.9. The van der Waals surface area contributed by atoms with Crippen molar-refractivity contribution < 1.29 is 4.79 Å². The third-order valence-corrected chi connectivity index (χ3v) is 4.22. The lowest BCUT2D eigenvalue weighted by Crippen LogP contribution is -2.52. The predicted molar refractivity (Wildman–Crippen MR) is 81.2 cm³/mol. The van der Waals surface area contributed by atoms with Gasteiger partial charge in [0, 0.05) is 45.0 Å². The maximum Gasteiger partial charge on any atom is 0.257 e. The molecule has 3 rings (SSSR count). The molecule has 0 bridgehead atoms. The predicted octanol–water partition coefficient (Wildman–Crippen LogP) is 0.439. The molecule has 6 heteroatoms. The van der Waals surface area contributed by atoms with Crippen LogP contribution < -0.4 is 5.73 Å². The van der Waals surface area contributed by atoms with Gasteiger partial charge in [-0.05, 0) is 19.1 Å². The number of amides is 1. The fourth-order valence-corrected chi connectivity index (χ4v) is 2.78. The molecule has 112 valence electrons. The lowest BCUT2D eigenvalue weighted by molar-refractivity contribution is 0.0591. The van der Waals surface area contributed by atoms with Crippen LogP contribution in [0, 0.1) is 0 Å². The molecule has 0 saturated carbocycles. The molecule has 1 saturated heterocycles. The summed E-state index contributed by atoms with van der Waals surface area (Å²) >= 11 is 0. The number of fused-ring (bicyclic) bond motifs is 1. The number of piperazine rings is 1. The van der Waals surface area contributed by atoms with Gasteiger partial charge >= 0.3 is 0 Å². The van der Waals surface area contributed by atoms with E-state index in [0.29, 0.717) is 18.2 Å². The average molecular weight is 287 g/mol. The first-order chi connectivity index (χ1) is 10.2. The van der Waals surface area contributed by atoms with Crippen molar-refractivity contribution in [2.24, 2.45) is 5.73 Å². The summed E-state index contributed by atoms with van der Waals surface area (Å²) in [6, 6.07) is 6.13. The van der Waals surface area contributed by atoms with Crippen LogP contribution >= 0.6 is 0 Å². The van der Waals surface area contributed by atoms with E-state index in [2.05, 4.69) is 16.9 Å². The molecule has 1 amide bonds. The summed E-state index contributed by atoms with van der Waals surface area (Å²) < 4.78 is 1.74. The van der Waals surface area contributed by atoms with E-state index in [4.69, 9.17) is 5.73 Å². The highest BCUT2D eigenvalue weighted by Gasteiger charge is 2.25. The van der Waals surface area contributed by atoms with Gasteiger partial charge in [0.25, 0.3) is 5.91 Å². The summed E-state index contributed by atoms with van der Waals surface area (Å²) in [5.74, 6) is 0.0660. The second kappa shape index (κ2) is 5.83. The minimum Gasteiger partial charge on any atom is -0.336 e. The summed E-state index contributed by atoms with van der Waals surface area (Å²) in [6.45, 7) is 6.03. The van der Waals surface area contributed by atoms with Gasteiger partial charge in [0.1, 0.15) is 0 Å². The number of nitrogens with zero attached hydrogens (tertiary/aromatic N) is 4. The molecule has 2 aromatic heterocycles. The molecular formula is C15H21N5O. The van der Waals surface area contributed by atoms with Gasteiger partial charge in [0.15, 0.2) is 0 Å². The Balaban J connectivity index is 1.72. The fraction of sp³-hybridized carbons (Fsp3) is 0.467. The number of nitrogens with two attached hydrogens (primary N) is 1. The van der Waals surface area contributed by atoms with E-state index in [1.54, 1.807) is 10.7 Å². The van der Waals surface area contributed by atoms with Gasteiger partial charge in [-0.15, -0.1) is 0 Å². The lowest BCUT2D eigenvalue weighted by Gasteiger charge is -2.37. The molecule has 0 aromatic carbocycles. The van der Waals surface area contributed by atoms with E-state index in [1.807, 2.05) is 29.3 Å². The molecule has 1 fully saturated rings. The minimum atomic E-state index is 0.0660. The first kappa shape index (κ1) is 14.0. The van der Waals surface area contributed by atoms with Gasteiger partial charge in [-0.3, -0.25) is 9.69 Å². The number of aromatic nitrogens is 2. The number of rotatable bonds is 3. The quantitative estimate of drug-likeness (QED) is 0.889. The van der Waals surface area contributed by atoms with E-state index < -0.39 is 0 Å². The van der Waals surface area contributed by atoms with Crippen LogP contribution in [0.1, 0.15) is 17.3 Å². The Kier molecular flexibility index (Phi) is 3.90. The molecule has 0 spiro atoms. The molecule has 21 heavy (non-hydrogen) atoms. The van der Waals surface area contributed by atoms with Crippen LogP contribution in [0.5, 0.6) is 0 Å². The number of carbonyl (C=O) groups is 1. The SMILES string of the molecule is CC(CN)N1CCN(C(=O)c2cnn3ccccc23)CC1. The zero-order valence-electron chi connectivity index (χ0n) is 12.3. The summed E-state index contributed by atoms with van der Waals surface area (Å²) in [7, 11) is 0. The third-order valence-electron chi connectivity index (χ3n) is 4.22. The second-order valence-electron chi connectivity index (χ2n) is 5.50. The molecule has 1 aliphatic rings. The minimum absolute atomic E-state index is 0.0660. The standard InChI is InChI=1S/C15H21N5O/c1-12(10-16)18-6-8-19(9-7-18)15(21)13-11-17-20-5-3-2-4-14(13)20/h2-5,11-12H,6-10,16H2,1H3. The Hall–Kier alpha value is -1.92. The van der Waals surface area contributed by atoms with Crippen LogP contribution in [0.4, 0.5) is 0 Å². The van der Waals surface area contributed by atoms with Crippen molar-refractivity contribution in [3.8, 4) is 0 Å². The van der Waals surface area contributed by atoms with Crippen molar-refractivity contribution in [1.82, 2.24) is 19.4 Å². The van der Waals surface area contributed by atoms with Gasteiger partial charge in [-0.25, -0.2) is 4.52 Å². The van der Waals surface area contributed by atoms with Crippen molar-refractivity contribution >= 4 is 11.4 Å². The van der Waals surface area contributed by atoms with Crippen LogP contribution in [-0.2, 0) is 0 Å². The van der Waals surface area contributed by atoms with Gasteiger partial charge in [0.2, 0.25) is 0 Å². The van der Waals surface area contributed by atoms with E-state index in [9.17, 15) is 4.79 Å². The zero-order chi connectivity index (χ0) is 14.8. The highest BCUT2D eigenvalue weighted by molar-refractivity contribution is 6.00. The number of pyridine rings is 1. The molecule has 0 aliphatic carbocycles. The molecule has 1 unspecified atom stereocenters. The number of hydrogen-bond donors (Lipinski definition) is 1. The van der Waals surface area contributed by atoms with Crippen molar-refractivity contribution in [2.75, 3.05) is 32.7 Å². The molecule has 6 nitrogen and oxygen atoms in total. The van der Waals surface area contributed by atoms with Gasteiger partial charge in [-0.1, -0.05) is 6.07 Å². The lowest BCUT2D eigenvalue weighted by atomic mass is 10.2. The van der Waals surface area contributed by atoms with Crippen molar-refractivity contribution in [3.63, 3.8) is 0 Å². The molecule has 1 aliphatic heterocycles. The van der Waals surface area contributed by atoms with E-state index >= 15 is 0 Å². The smallest absolute Gasteiger partial charge is 0.257 e. The second-order valence-corrected chi connectivity index (χ2v) is 5.50. The molecule has 1 atom stereocenters. The summed E-state index contributed by atoms with van der Waals surface area (Å²) in [5.41, 5.74) is 7.24. The Morgan fingerprint density at radius 1 is 1.33 bits per heavy atom. The van der Waals surface area contributed by atoms with Crippen molar-refractivity contribution in [1.29, 1.82) is 0 Å². The average Bonchev–Trinajstić information content (AvgIpc) is 2.97. The van der Waals surface area contributed by atoms with E-state index in [0.717, 1.165) is 31.7 Å². The molecule has 3 heterocycles. The first-order valence-electron chi connectivity index (χ1n) is 7.36. The van der Waals surface area contributed by atoms with Crippen LogP contribution in [0.15, 0.2) is 30.6 Å².